The Morgan fingerprint density at radius 2 is 1.38 bits per heavy atom. The van der Waals surface area contributed by atoms with E-state index in [1.165, 1.54) is 51.4 Å². The van der Waals surface area contributed by atoms with E-state index in [0.717, 1.165) is 17.8 Å². The van der Waals surface area contributed by atoms with Crippen LogP contribution in [0.25, 0.3) is 0 Å². The number of hydrogen-bond acceptors (Lipinski definition) is 0. The monoisotopic (exact) mass is 226 g/mol. The molecule has 0 saturated heterocycles. The molecule has 0 aliphatic rings. The summed E-state index contributed by atoms with van der Waals surface area (Å²) < 4.78 is 0. The summed E-state index contributed by atoms with van der Waals surface area (Å²) in [5.41, 5.74) is 0. The molecule has 0 aliphatic heterocycles. The van der Waals surface area contributed by atoms with Crippen LogP contribution in [0.2, 0.25) is 0 Å². The van der Waals surface area contributed by atoms with Gasteiger partial charge in [0, 0.05) is 0 Å². The Hall–Kier alpha value is 0. The molecule has 0 saturated carbocycles. The Bertz CT molecular complexity index is 137. The van der Waals surface area contributed by atoms with Crippen molar-refractivity contribution in [2.45, 2.75) is 86.0 Å². The van der Waals surface area contributed by atoms with Crippen molar-refractivity contribution in [2.24, 2.45) is 17.8 Å². The standard InChI is InChI=1S/C16H34/c1-6-9-10-11-12-13-15(7-2)16(8-3)14(4)5/h14-16H,6-13H2,1-5H3. The van der Waals surface area contributed by atoms with E-state index in [9.17, 15) is 0 Å². The first-order chi connectivity index (χ1) is 7.67. The Balaban J connectivity index is 3.80. The maximum atomic E-state index is 2.40. The van der Waals surface area contributed by atoms with Crippen LogP contribution in [0.5, 0.6) is 0 Å². The summed E-state index contributed by atoms with van der Waals surface area (Å²) in [6.07, 6.45) is 11.4. The molecule has 0 nitrogen and oxygen atoms in total. The van der Waals surface area contributed by atoms with Gasteiger partial charge in [0.1, 0.15) is 0 Å². The summed E-state index contributed by atoms with van der Waals surface area (Å²) in [5.74, 6) is 2.80. The predicted molar refractivity (Wildman–Crippen MR) is 75.8 cm³/mol. The van der Waals surface area contributed by atoms with Gasteiger partial charge in [-0.05, 0) is 17.8 Å². The summed E-state index contributed by atoms with van der Waals surface area (Å²) in [6.45, 7) is 11.8. The van der Waals surface area contributed by atoms with Crippen molar-refractivity contribution in [1.82, 2.24) is 0 Å². The normalized spacial score (nSPS) is 15.4. The third-order valence-electron chi connectivity index (χ3n) is 4.14. The molecule has 16 heavy (non-hydrogen) atoms. The van der Waals surface area contributed by atoms with Crippen LogP contribution in [0.15, 0.2) is 0 Å². The molecule has 0 amide bonds. The minimum absolute atomic E-state index is 0.866. The van der Waals surface area contributed by atoms with Crippen molar-refractivity contribution >= 4 is 0 Å². The molecule has 0 aromatic heterocycles. The van der Waals surface area contributed by atoms with E-state index in [1.807, 2.05) is 0 Å². The van der Waals surface area contributed by atoms with Crippen LogP contribution in [-0.4, -0.2) is 0 Å². The van der Waals surface area contributed by atoms with Gasteiger partial charge in [-0.15, -0.1) is 0 Å². The molecule has 2 unspecified atom stereocenters. The van der Waals surface area contributed by atoms with Crippen LogP contribution < -0.4 is 0 Å². The number of rotatable bonds is 10. The van der Waals surface area contributed by atoms with Gasteiger partial charge < -0.3 is 0 Å². The van der Waals surface area contributed by atoms with Crippen molar-refractivity contribution in [3.63, 3.8) is 0 Å². The molecular formula is C16H34. The molecule has 0 aromatic rings. The first-order valence-corrected chi connectivity index (χ1v) is 7.67. The second-order valence-corrected chi connectivity index (χ2v) is 5.69. The van der Waals surface area contributed by atoms with Gasteiger partial charge in [0.25, 0.3) is 0 Å². The lowest BCUT2D eigenvalue weighted by molar-refractivity contribution is 0.221. The Kier molecular flexibility index (Phi) is 10.2. The van der Waals surface area contributed by atoms with Gasteiger partial charge in [0.15, 0.2) is 0 Å². The van der Waals surface area contributed by atoms with E-state index in [2.05, 4.69) is 34.6 Å². The van der Waals surface area contributed by atoms with Crippen molar-refractivity contribution < 1.29 is 0 Å². The first kappa shape index (κ1) is 16.0. The average Bonchev–Trinajstić information content (AvgIpc) is 2.26. The zero-order chi connectivity index (χ0) is 12.4. The van der Waals surface area contributed by atoms with Crippen molar-refractivity contribution in [3.8, 4) is 0 Å². The summed E-state index contributed by atoms with van der Waals surface area (Å²) in [4.78, 5) is 0. The van der Waals surface area contributed by atoms with Crippen molar-refractivity contribution in [2.75, 3.05) is 0 Å². The summed E-state index contributed by atoms with van der Waals surface area (Å²) in [6, 6.07) is 0. The molecule has 0 bridgehead atoms. The molecule has 0 aliphatic carbocycles. The fourth-order valence-corrected chi connectivity index (χ4v) is 3.08. The van der Waals surface area contributed by atoms with Gasteiger partial charge in [-0.1, -0.05) is 86.0 Å². The molecule has 0 heteroatoms. The van der Waals surface area contributed by atoms with Crippen LogP contribution >= 0.6 is 0 Å². The van der Waals surface area contributed by atoms with Gasteiger partial charge in [-0.3, -0.25) is 0 Å². The average molecular weight is 226 g/mol. The summed E-state index contributed by atoms with van der Waals surface area (Å²) >= 11 is 0. The van der Waals surface area contributed by atoms with E-state index >= 15 is 0 Å². The zero-order valence-electron chi connectivity index (χ0n) is 12.4. The first-order valence-electron chi connectivity index (χ1n) is 7.67. The lowest BCUT2D eigenvalue weighted by Crippen LogP contribution is -2.19. The van der Waals surface area contributed by atoms with Gasteiger partial charge in [-0.2, -0.15) is 0 Å². The van der Waals surface area contributed by atoms with Crippen LogP contribution in [0.1, 0.15) is 86.0 Å². The highest BCUT2D eigenvalue weighted by molar-refractivity contribution is 4.71. The van der Waals surface area contributed by atoms with E-state index < -0.39 is 0 Å². The molecular weight excluding hydrogens is 192 g/mol. The van der Waals surface area contributed by atoms with Crippen LogP contribution in [-0.2, 0) is 0 Å². The molecule has 0 fully saturated rings. The van der Waals surface area contributed by atoms with Crippen molar-refractivity contribution in [1.29, 1.82) is 0 Å². The fraction of sp³-hybridized carbons (Fsp3) is 1.00. The topological polar surface area (TPSA) is 0 Å². The third kappa shape index (κ3) is 6.55. The Labute approximate surface area is 104 Å². The SMILES string of the molecule is CCCCCCCC(CC)C(CC)C(C)C. The Morgan fingerprint density at radius 1 is 0.750 bits per heavy atom. The van der Waals surface area contributed by atoms with E-state index in [1.54, 1.807) is 0 Å². The minimum Gasteiger partial charge on any atom is -0.0654 e. The number of hydrogen-bond donors (Lipinski definition) is 0. The number of unbranched alkanes of at least 4 members (excludes halogenated alkanes) is 4. The summed E-state index contributed by atoms with van der Waals surface area (Å²) in [5, 5.41) is 0. The zero-order valence-corrected chi connectivity index (χ0v) is 12.4. The minimum atomic E-state index is 0.866. The van der Waals surface area contributed by atoms with Gasteiger partial charge in [0.2, 0.25) is 0 Å². The fourth-order valence-electron chi connectivity index (χ4n) is 3.08. The quantitative estimate of drug-likeness (QED) is 0.397. The lowest BCUT2D eigenvalue weighted by Gasteiger charge is -2.28. The third-order valence-corrected chi connectivity index (χ3v) is 4.14. The summed E-state index contributed by atoms with van der Waals surface area (Å²) in [7, 11) is 0. The van der Waals surface area contributed by atoms with Gasteiger partial charge in [-0.25, -0.2) is 0 Å². The second-order valence-electron chi connectivity index (χ2n) is 5.69. The molecule has 0 radical (unpaired) electrons. The lowest BCUT2D eigenvalue weighted by atomic mass is 9.77. The molecule has 2 atom stereocenters. The van der Waals surface area contributed by atoms with Gasteiger partial charge >= 0.3 is 0 Å². The van der Waals surface area contributed by atoms with E-state index in [0.29, 0.717) is 0 Å². The van der Waals surface area contributed by atoms with Gasteiger partial charge in [0.05, 0.1) is 0 Å². The molecule has 0 heterocycles. The van der Waals surface area contributed by atoms with E-state index in [-0.39, 0.29) is 0 Å². The molecule has 0 spiro atoms. The molecule has 98 valence electrons. The highest BCUT2D eigenvalue weighted by atomic mass is 14.3. The maximum Gasteiger partial charge on any atom is -0.0365 e. The Morgan fingerprint density at radius 3 is 1.81 bits per heavy atom. The highest BCUT2D eigenvalue weighted by Crippen LogP contribution is 2.30. The highest BCUT2D eigenvalue weighted by Gasteiger charge is 2.20. The van der Waals surface area contributed by atoms with Crippen molar-refractivity contribution in [3.05, 3.63) is 0 Å². The largest absolute Gasteiger partial charge is 0.0654 e. The predicted octanol–water partition coefficient (Wildman–Crippen LogP) is 6.06. The van der Waals surface area contributed by atoms with Crippen LogP contribution in [0.4, 0.5) is 0 Å². The maximum absolute atomic E-state index is 2.40. The second kappa shape index (κ2) is 10.2. The van der Waals surface area contributed by atoms with E-state index in [4.69, 9.17) is 0 Å². The molecule has 0 aromatic carbocycles. The molecule has 0 N–H and O–H groups in total. The van der Waals surface area contributed by atoms with Crippen LogP contribution in [0.3, 0.4) is 0 Å². The smallest absolute Gasteiger partial charge is 0.0365 e. The molecule has 0 rings (SSSR count). The van der Waals surface area contributed by atoms with Crippen LogP contribution in [0, 0.1) is 17.8 Å².